The van der Waals surface area contributed by atoms with Crippen molar-refractivity contribution < 1.29 is 0 Å². The van der Waals surface area contributed by atoms with Crippen molar-refractivity contribution in [3.8, 4) is 0 Å². The van der Waals surface area contributed by atoms with Crippen LogP contribution in [-0.4, -0.2) is 15.3 Å². The van der Waals surface area contributed by atoms with Gasteiger partial charge < -0.3 is 4.98 Å². The van der Waals surface area contributed by atoms with Crippen LogP contribution >= 0.6 is 28.1 Å². The van der Waals surface area contributed by atoms with Gasteiger partial charge in [0.1, 0.15) is 0 Å². The summed E-state index contributed by atoms with van der Waals surface area (Å²) >= 11 is 8.12. The van der Waals surface area contributed by atoms with Gasteiger partial charge in [-0.1, -0.05) is 15.9 Å². The van der Waals surface area contributed by atoms with Crippen molar-refractivity contribution in [1.82, 2.24) is 9.97 Å². The van der Waals surface area contributed by atoms with Crippen molar-refractivity contribution in [1.29, 1.82) is 0 Å². The van der Waals surface area contributed by atoms with E-state index < -0.39 is 0 Å². The Labute approximate surface area is 89.7 Å². The Balaban J connectivity index is 2.67. The average molecular weight is 263 g/mol. The van der Waals surface area contributed by atoms with Crippen LogP contribution < -0.4 is 5.56 Å². The summed E-state index contributed by atoms with van der Waals surface area (Å²) in [5.41, 5.74) is 0.702. The van der Waals surface area contributed by atoms with E-state index >= 15 is 0 Å². The zero-order valence-corrected chi connectivity index (χ0v) is 9.50. The lowest BCUT2D eigenvalue weighted by Gasteiger charge is -1.97. The van der Waals surface area contributed by atoms with Crippen LogP contribution in [0.5, 0.6) is 0 Å². The molecule has 0 atom stereocenters. The Morgan fingerprint density at radius 1 is 1.46 bits per heavy atom. The summed E-state index contributed by atoms with van der Waals surface area (Å²) in [6.45, 7) is 0. The second-order valence-electron chi connectivity index (χ2n) is 2.74. The summed E-state index contributed by atoms with van der Waals surface area (Å²) in [7, 11) is 0. The number of unbranched alkanes of at least 4 members (excludes halogenated alkanes) is 1. The van der Waals surface area contributed by atoms with E-state index in [-0.39, 0.29) is 5.56 Å². The predicted octanol–water partition coefficient (Wildman–Crippen LogP) is 2.15. The minimum absolute atomic E-state index is 0.0710. The van der Waals surface area contributed by atoms with Crippen molar-refractivity contribution in [3.63, 3.8) is 0 Å². The lowest BCUT2D eigenvalue weighted by Crippen LogP contribution is -2.13. The minimum Gasteiger partial charge on any atom is -0.338 e. The number of aryl methyl sites for hydroxylation is 1. The van der Waals surface area contributed by atoms with Crippen molar-refractivity contribution in [2.75, 3.05) is 5.33 Å². The van der Waals surface area contributed by atoms with Crippen LogP contribution in [0.2, 0.25) is 0 Å². The van der Waals surface area contributed by atoms with E-state index in [1.54, 1.807) is 6.20 Å². The van der Waals surface area contributed by atoms with Gasteiger partial charge in [0.15, 0.2) is 4.77 Å². The Kier molecular flexibility index (Phi) is 4.38. The van der Waals surface area contributed by atoms with Crippen molar-refractivity contribution >= 4 is 28.1 Å². The van der Waals surface area contributed by atoms with E-state index in [0.717, 1.165) is 30.2 Å². The summed E-state index contributed by atoms with van der Waals surface area (Å²) in [6, 6.07) is 0. The lowest BCUT2D eigenvalue weighted by molar-refractivity contribution is 0.789. The maximum Gasteiger partial charge on any atom is 0.254 e. The van der Waals surface area contributed by atoms with Gasteiger partial charge in [0.05, 0.1) is 0 Å². The third-order valence-electron chi connectivity index (χ3n) is 1.73. The van der Waals surface area contributed by atoms with Gasteiger partial charge in [0, 0.05) is 17.1 Å². The SMILES string of the molecule is O=c1[nH]c(=S)[nH]cc1CCCCBr. The molecule has 5 heteroatoms. The summed E-state index contributed by atoms with van der Waals surface area (Å²) in [5, 5.41) is 0.980. The molecule has 72 valence electrons. The summed E-state index contributed by atoms with van der Waals surface area (Å²) < 4.78 is 0.384. The van der Waals surface area contributed by atoms with Gasteiger partial charge in [-0.15, -0.1) is 0 Å². The van der Waals surface area contributed by atoms with Gasteiger partial charge in [-0.25, -0.2) is 0 Å². The van der Waals surface area contributed by atoms with Crippen molar-refractivity contribution in [3.05, 3.63) is 26.9 Å². The monoisotopic (exact) mass is 262 g/mol. The molecule has 1 aromatic heterocycles. The highest BCUT2D eigenvalue weighted by molar-refractivity contribution is 9.09. The van der Waals surface area contributed by atoms with Crippen LogP contribution in [0.4, 0.5) is 0 Å². The maximum absolute atomic E-state index is 11.3. The molecule has 13 heavy (non-hydrogen) atoms. The molecule has 0 aliphatic rings. The molecule has 0 aliphatic heterocycles. The molecular formula is C8H11BrN2OS. The highest BCUT2D eigenvalue weighted by Crippen LogP contribution is 2.00. The molecule has 0 spiro atoms. The Hall–Kier alpha value is -0.420. The molecule has 2 N–H and O–H groups in total. The largest absolute Gasteiger partial charge is 0.338 e. The van der Waals surface area contributed by atoms with E-state index in [1.807, 2.05) is 0 Å². The molecule has 0 aromatic carbocycles. The fourth-order valence-electron chi connectivity index (χ4n) is 1.03. The number of halogens is 1. The van der Waals surface area contributed by atoms with Crippen LogP contribution in [-0.2, 0) is 6.42 Å². The molecule has 1 rings (SSSR count). The van der Waals surface area contributed by atoms with Gasteiger partial charge in [0.25, 0.3) is 5.56 Å². The van der Waals surface area contributed by atoms with Crippen LogP contribution in [0.15, 0.2) is 11.0 Å². The first kappa shape index (κ1) is 10.7. The zero-order chi connectivity index (χ0) is 9.68. The van der Waals surface area contributed by atoms with Crippen LogP contribution in [0.1, 0.15) is 18.4 Å². The standard InChI is InChI=1S/C8H11BrN2OS/c9-4-2-1-3-6-5-10-8(13)11-7(6)12/h5H,1-4H2,(H2,10,11,12,13). The highest BCUT2D eigenvalue weighted by Gasteiger charge is 1.97. The van der Waals surface area contributed by atoms with E-state index in [4.69, 9.17) is 12.2 Å². The number of rotatable bonds is 4. The topological polar surface area (TPSA) is 48.6 Å². The van der Waals surface area contributed by atoms with E-state index in [2.05, 4.69) is 25.9 Å². The minimum atomic E-state index is -0.0710. The second kappa shape index (κ2) is 5.34. The fourth-order valence-corrected chi connectivity index (χ4v) is 1.58. The number of aromatic nitrogens is 2. The molecule has 0 radical (unpaired) electrons. The van der Waals surface area contributed by atoms with Gasteiger partial charge in [-0.3, -0.25) is 9.78 Å². The second-order valence-corrected chi connectivity index (χ2v) is 3.94. The molecule has 0 aliphatic carbocycles. The molecule has 0 saturated carbocycles. The number of alkyl halides is 1. The normalized spacial score (nSPS) is 10.2. The van der Waals surface area contributed by atoms with E-state index in [9.17, 15) is 4.79 Å². The third kappa shape index (κ3) is 3.44. The molecule has 3 nitrogen and oxygen atoms in total. The first-order valence-corrected chi connectivity index (χ1v) is 5.64. The molecule has 0 amide bonds. The van der Waals surface area contributed by atoms with Gasteiger partial charge in [0.2, 0.25) is 0 Å². The van der Waals surface area contributed by atoms with Crippen LogP contribution in [0.25, 0.3) is 0 Å². The predicted molar refractivity (Wildman–Crippen MR) is 59.0 cm³/mol. The maximum atomic E-state index is 11.3. The molecule has 0 fully saturated rings. The average Bonchev–Trinajstić information content (AvgIpc) is 2.09. The zero-order valence-electron chi connectivity index (χ0n) is 7.10. The number of hydrogen-bond acceptors (Lipinski definition) is 2. The first-order chi connectivity index (χ1) is 6.24. The van der Waals surface area contributed by atoms with E-state index in [0.29, 0.717) is 4.77 Å². The smallest absolute Gasteiger partial charge is 0.254 e. The number of H-pyrrole nitrogens is 2. The summed E-state index contributed by atoms with van der Waals surface area (Å²) in [4.78, 5) is 16.7. The first-order valence-electron chi connectivity index (χ1n) is 4.11. The molecule has 0 saturated heterocycles. The molecule has 0 unspecified atom stereocenters. The van der Waals surface area contributed by atoms with Crippen LogP contribution in [0, 0.1) is 4.77 Å². The Morgan fingerprint density at radius 2 is 2.23 bits per heavy atom. The van der Waals surface area contributed by atoms with Gasteiger partial charge >= 0.3 is 0 Å². The molecule has 0 bridgehead atoms. The fraction of sp³-hybridized carbons (Fsp3) is 0.500. The molecule has 1 aromatic rings. The Morgan fingerprint density at radius 3 is 2.85 bits per heavy atom. The van der Waals surface area contributed by atoms with Gasteiger partial charge in [-0.05, 0) is 31.5 Å². The number of aromatic amines is 2. The highest BCUT2D eigenvalue weighted by atomic mass is 79.9. The van der Waals surface area contributed by atoms with Crippen molar-refractivity contribution in [2.24, 2.45) is 0 Å². The third-order valence-corrected chi connectivity index (χ3v) is 2.51. The number of hydrogen-bond donors (Lipinski definition) is 2. The van der Waals surface area contributed by atoms with Gasteiger partial charge in [-0.2, -0.15) is 0 Å². The number of nitrogens with one attached hydrogen (secondary N) is 2. The van der Waals surface area contributed by atoms with Crippen LogP contribution in [0.3, 0.4) is 0 Å². The molecular weight excluding hydrogens is 252 g/mol. The van der Waals surface area contributed by atoms with E-state index in [1.165, 1.54) is 0 Å². The molecule has 1 heterocycles. The summed E-state index contributed by atoms with van der Waals surface area (Å²) in [5.74, 6) is 0. The quantitative estimate of drug-likeness (QED) is 0.497. The van der Waals surface area contributed by atoms with Crippen molar-refractivity contribution in [2.45, 2.75) is 19.3 Å². The summed E-state index contributed by atoms with van der Waals surface area (Å²) in [6.07, 6.45) is 4.58. The lowest BCUT2D eigenvalue weighted by atomic mass is 10.1. The Bertz CT molecular complexity index is 371.